The summed E-state index contributed by atoms with van der Waals surface area (Å²) in [6.07, 6.45) is 1.24. The van der Waals surface area contributed by atoms with Crippen molar-refractivity contribution >= 4 is 17.5 Å². The first-order valence-electron chi connectivity index (χ1n) is 6.33. The van der Waals surface area contributed by atoms with Gasteiger partial charge in [-0.15, -0.1) is 0 Å². The van der Waals surface area contributed by atoms with Crippen molar-refractivity contribution in [1.29, 1.82) is 0 Å². The van der Waals surface area contributed by atoms with Gasteiger partial charge in [-0.3, -0.25) is 4.79 Å². The maximum Gasteiger partial charge on any atom is 0.251 e. The van der Waals surface area contributed by atoms with Crippen LogP contribution in [0.3, 0.4) is 0 Å². The zero-order chi connectivity index (χ0) is 13.9. The molecule has 0 atom stereocenters. The second-order valence-electron chi connectivity index (χ2n) is 5.02. The summed E-state index contributed by atoms with van der Waals surface area (Å²) in [5.74, 6) is -0.207. The van der Waals surface area contributed by atoms with Gasteiger partial charge in [0.2, 0.25) is 0 Å². The van der Waals surface area contributed by atoms with Crippen LogP contribution in [0.1, 0.15) is 28.8 Å². The molecule has 1 amide bonds. The fourth-order valence-electron chi connectivity index (χ4n) is 2.27. The van der Waals surface area contributed by atoms with Crippen molar-refractivity contribution < 1.29 is 14.6 Å². The summed E-state index contributed by atoms with van der Waals surface area (Å²) >= 11 is 5.96. The molecule has 2 rings (SSSR count). The SMILES string of the molecule is Cc1cc(Cl)cc(C(=O)NC2(CO)CCOCC2)c1. The van der Waals surface area contributed by atoms with Crippen molar-refractivity contribution in [2.24, 2.45) is 0 Å². The summed E-state index contributed by atoms with van der Waals surface area (Å²) in [6, 6.07) is 5.22. The molecule has 104 valence electrons. The van der Waals surface area contributed by atoms with Gasteiger partial charge in [0.05, 0.1) is 12.1 Å². The van der Waals surface area contributed by atoms with Crippen LogP contribution in [0.2, 0.25) is 5.02 Å². The average Bonchev–Trinajstić information content (AvgIpc) is 2.38. The Bertz CT molecular complexity index is 450. The van der Waals surface area contributed by atoms with Crippen LogP contribution in [-0.2, 0) is 4.74 Å². The fraction of sp³-hybridized carbons (Fsp3) is 0.500. The quantitative estimate of drug-likeness (QED) is 0.891. The highest BCUT2D eigenvalue weighted by Gasteiger charge is 2.33. The van der Waals surface area contributed by atoms with E-state index < -0.39 is 5.54 Å². The molecule has 4 nitrogen and oxygen atoms in total. The van der Waals surface area contributed by atoms with Crippen LogP contribution in [0.4, 0.5) is 0 Å². The molecule has 2 N–H and O–H groups in total. The van der Waals surface area contributed by atoms with Crippen LogP contribution in [0.25, 0.3) is 0 Å². The Hall–Kier alpha value is -1.10. The molecule has 5 heteroatoms. The van der Waals surface area contributed by atoms with Gasteiger partial charge in [-0.2, -0.15) is 0 Å². The summed E-state index contributed by atoms with van der Waals surface area (Å²) in [6.45, 7) is 2.91. The zero-order valence-corrected chi connectivity index (χ0v) is 11.7. The standard InChI is InChI=1S/C14H18ClNO3/c1-10-6-11(8-12(15)7-10)13(18)16-14(9-17)2-4-19-5-3-14/h6-8,17H,2-5,9H2,1H3,(H,16,18). The molecule has 0 aliphatic carbocycles. The normalized spacial score (nSPS) is 18.1. The van der Waals surface area contributed by atoms with Crippen molar-refractivity contribution in [3.63, 3.8) is 0 Å². The Labute approximate surface area is 117 Å². The fourth-order valence-corrected chi connectivity index (χ4v) is 2.55. The Kier molecular flexibility index (Phi) is 4.45. The predicted molar refractivity (Wildman–Crippen MR) is 73.5 cm³/mol. The maximum absolute atomic E-state index is 12.3. The lowest BCUT2D eigenvalue weighted by Gasteiger charge is -2.36. The van der Waals surface area contributed by atoms with Gasteiger partial charge in [0.1, 0.15) is 0 Å². The second-order valence-corrected chi connectivity index (χ2v) is 5.46. The Morgan fingerprint density at radius 3 is 2.68 bits per heavy atom. The molecule has 1 fully saturated rings. The van der Waals surface area contributed by atoms with E-state index in [0.717, 1.165) is 5.56 Å². The van der Waals surface area contributed by atoms with Gasteiger partial charge >= 0.3 is 0 Å². The molecule has 1 aliphatic heterocycles. The van der Waals surface area contributed by atoms with Gasteiger partial charge < -0.3 is 15.2 Å². The molecule has 0 bridgehead atoms. The first kappa shape index (κ1) is 14.3. The number of aryl methyl sites for hydroxylation is 1. The summed E-state index contributed by atoms with van der Waals surface area (Å²) in [7, 11) is 0. The molecule has 0 aromatic heterocycles. The van der Waals surface area contributed by atoms with E-state index in [9.17, 15) is 9.90 Å². The Morgan fingerprint density at radius 2 is 2.11 bits per heavy atom. The Balaban J connectivity index is 2.15. The Morgan fingerprint density at radius 1 is 1.42 bits per heavy atom. The molecule has 1 aromatic rings. The summed E-state index contributed by atoms with van der Waals surface area (Å²) in [5, 5.41) is 13.0. The molecule has 1 aliphatic rings. The van der Waals surface area contributed by atoms with E-state index in [2.05, 4.69) is 5.32 Å². The molecule has 19 heavy (non-hydrogen) atoms. The van der Waals surface area contributed by atoms with Crippen molar-refractivity contribution in [2.75, 3.05) is 19.8 Å². The highest BCUT2D eigenvalue weighted by Crippen LogP contribution is 2.21. The highest BCUT2D eigenvalue weighted by molar-refractivity contribution is 6.31. The summed E-state index contributed by atoms with van der Waals surface area (Å²) < 4.78 is 5.27. The largest absolute Gasteiger partial charge is 0.394 e. The number of carbonyl (C=O) groups excluding carboxylic acids is 1. The number of halogens is 1. The number of aliphatic hydroxyl groups excluding tert-OH is 1. The third kappa shape index (κ3) is 3.47. The van der Waals surface area contributed by atoms with E-state index in [-0.39, 0.29) is 12.5 Å². The number of ether oxygens (including phenoxy) is 1. The van der Waals surface area contributed by atoms with Gasteiger partial charge in [-0.1, -0.05) is 11.6 Å². The molecular formula is C14H18ClNO3. The number of nitrogens with one attached hydrogen (secondary N) is 1. The minimum atomic E-state index is -0.578. The number of carbonyl (C=O) groups is 1. The summed E-state index contributed by atoms with van der Waals surface area (Å²) in [4.78, 5) is 12.3. The monoisotopic (exact) mass is 283 g/mol. The van der Waals surface area contributed by atoms with Gasteiger partial charge in [0, 0.05) is 23.8 Å². The molecule has 1 saturated heterocycles. The van der Waals surface area contributed by atoms with E-state index in [0.29, 0.717) is 36.6 Å². The minimum Gasteiger partial charge on any atom is -0.394 e. The van der Waals surface area contributed by atoms with Gasteiger partial charge in [0.25, 0.3) is 5.91 Å². The lowest BCUT2D eigenvalue weighted by Crippen LogP contribution is -2.54. The van der Waals surface area contributed by atoms with E-state index in [1.54, 1.807) is 18.2 Å². The van der Waals surface area contributed by atoms with E-state index in [1.165, 1.54) is 0 Å². The van der Waals surface area contributed by atoms with Crippen molar-refractivity contribution in [2.45, 2.75) is 25.3 Å². The minimum absolute atomic E-state index is 0.0817. The third-order valence-electron chi connectivity index (χ3n) is 3.44. The van der Waals surface area contributed by atoms with Crippen LogP contribution in [-0.4, -0.2) is 36.4 Å². The number of hydrogen-bond acceptors (Lipinski definition) is 3. The van der Waals surface area contributed by atoms with Crippen molar-refractivity contribution in [3.05, 3.63) is 34.3 Å². The number of benzene rings is 1. The molecular weight excluding hydrogens is 266 g/mol. The second kappa shape index (κ2) is 5.90. The zero-order valence-electron chi connectivity index (χ0n) is 10.9. The van der Waals surface area contributed by atoms with Crippen LogP contribution in [0, 0.1) is 6.92 Å². The molecule has 1 aromatic carbocycles. The number of aliphatic hydroxyl groups is 1. The van der Waals surface area contributed by atoms with Gasteiger partial charge in [-0.25, -0.2) is 0 Å². The van der Waals surface area contributed by atoms with Crippen LogP contribution < -0.4 is 5.32 Å². The average molecular weight is 284 g/mol. The molecule has 0 unspecified atom stereocenters. The topological polar surface area (TPSA) is 58.6 Å². The molecule has 0 saturated carbocycles. The van der Waals surface area contributed by atoms with E-state index >= 15 is 0 Å². The molecule has 0 radical (unpaired) electrons. The number of amides is 1. The van der Waals surface area contributed by atoms with Crippen LogP contribution in [0.5, 0.6) is 0 Å². The van der Waals surface area contributed by atoms with E-state index in [4.69, 9.17) is 16.3 Å². The predicted octanol–water partition coefficient (Wildman–Crippen LogP) is 1.92. The van der Waals surface area contributed by atoms with Crippen LogP contribution in [0.15, 0.2) is 18.2 Å². The first-order chi connectivity index (χ1) is 9.04. The molecule has 0 spiro atoms. The number of hydrogen-bond donors (Lipinski definition) is 2. The number of rotatable bonds is 3. The third-order valence-corrected chi connectivity index (χ3v) is 3.65. The van der Waals surface area contributed by atoms with Gasteiger partial charge in [-0.05, 0) is 43.5 Å². The first-order valence-corrected chi connectivity index (χ1v) is 6.71. The summed E-state index contributed by atoms with van der Waals surface area (Å²) in [5.41, 5.74) is 0.873. The lowest BCUT2D eigenvalue weighted by molar-refractivity contribution is 0.0125. The lowest BCUT2D eigenvalue weighted by atomic mass is 9.90. The van der Waals surface area contributed by atoms with Crippen molar-refractivity contribution in [3.8, 4) is 0 Å². The van der Waals surface area contributed by atoms with Crippen LogP contribution >= 0.6 is 11.6 Å². The van der Waals surface area contributed by atoms with E-state index in [1.807, 2.05) is 6.92 Å². The molecule has 1 heterocycles. The van der Waals surface area contributed by atoms with Crippen molar-refractivity contribution in [1.82, 2.24) is 5.32 Å². The smallest absolute Gasteiger partial charge is 0.251 e. The highest BCUT2D eigenvalue weighted by atomic mass is 35.5. The maximum atomic E-state index is 12.3. The van der Waals surface area contributed by atoms with Gasteiger partial charge in [0.15, 0.2) is 0 Å².